The zero-order valence-electron chi connectivity index (χ0n) is 10.2. The summed E-state index contributed by atoms with van der Waals surface area (Å²) in [4.78, 5) is 3.18. The van der Waals surface area contributed by atoms with Crippen LogP contribution in [0.15, 0.2) is 30.5 Å². The molecule has 1 heterocycles. The molecule has 2 aromatic rings. The first-order valence-electron chi connectivity index (χ1n) is 5.51. The molecule has 0 amide bonds. The van der Waals surface area contributed by atoms with E-state index in [1.807, 2.05) is 0 Å². The third kappa shape index (κ3) is 3.08. The van der Waals surface area contributed by atoms with Crippen LogP contribution in [0, 0.1) is 23.0 Å². The Morgan fingerprint density at radius 1 is 1.05 bits per heavy atom. The molecule has 3 nitrogen and oxygen atoms in total. The summed E-state index contributed by atoms with van der Waals surface area (Å²) in [5.41, 5.74) is -1.83. The smallest absolute Gasteiger partial charge is 0.352 e. The highest BCUT2D eigenvalue weighted by atomic mass is 19.4. The van der Waals surface area contributed by atoms with Gasteiger partial charge in [0.05, 0.1) is 23.1 Å². The van der Waals surface area contributed by atoms with E-state index in [9.17, 15) is 22.0 Å². The minimum atomic E-state index is -4.58. The SMILES string of the molecule is N#Cc1ccc(Nc2ccc(C(F)(F)F)nc2)c(F)c1F. The van der Waals surface area contributed by atoms with Crippen molar-refractivity contribution in [3.63, 3.8) is 0 Å². The summed E-state index contributed by atoms with van der Waals surface area (Å²) in [5, 5.41) is 10.9. The Bertz CT molecular complexity index is 701. The van der Waals surface area contributed by atoms with Gasteiger partial charge >= 0.3 is 6.18 Å². The molecule has 1 aromatic carbocycles. The zero-order chi connectivity index (χ0) is 15.6. The molecule has 21 heavy (non-hydrogen) atoms. The van der Waals surface area contributed by atoms with Gasteiger partial charge in [0, 0.05) is 0 Å². The Hall–Kier alpha value is -2.69. The van der Waals surface area contributed by atoms with E-state index in [0.29, 0.717) is 6.07 Å². The molecule has 0 saturated carbocycles. The van der Waals surface area contributed by atoms with Crippen LogP contribution in [0.4, 0.5) is 33.3 Å². The average Bonchev–Trinajstić information content (AvgIpc) is 2.44. The van der Waals surface area contributed by atoms with Gasteiger partial charge in [0.15, 0.2) is 11.6 Å². The average molecular weight is 299 g/mol. The van der Waals surface area contributed by atoms with Gasteiger partial charge in [0.25, 0.3) is 0 Å². The predicted octanol–water partition coefficient (Wildman–Crippen LogP) is 3.99. The maximum atomic E-state index is 13.6. The van der Waals surface area contributed by atoms with E-state index in [2.05, 4.69) is 10.3 Å². The number of alkyl halides is 3. The maximum absolute atomic E-state index is 13.6. The van der Waals surface area contributed by atoms with E-state index in [1.54, 1.807) is 0 Å². The molecule has 0 unspecified atom stereocenters. The number of hydrogen-bond donors (Lipinski definition) is 1. The predicted molar refractivity (Wildman–Crippen MR) is 63.6 cm³/mol. The van der Waals surface area contributed by atoms with Crippen LogP contribution >= 0.6 is 0 Å². The second-order valence-corrected chi connectivity index (χ2v) is 3.96. The molecular formula is C13H6F5N3. The molecule has 0 bridgehead atoms. The first kappa shape index (κ1) is 14.7. The van der Waals surface area contributed by atoms with Crippen molar-refractivity contribution in [2.45, 2.75) is 6.18 Å². The summed E-state index contributed by atoms with van der Waals surface area (Å²) in [6.07, 6.45) is -3.73. The molecule has 0 saturated heterocycles. The summed E-state index contributed by atoms with van der Waals surface area (Å²) >= 11 is 0. The van der Waals surface area contributed by atoms with Crippen molar-refractivity contribution in [3.05, 3.63) is 53.4 Å². The molecule has 0 radical (unpaired) electrons. The van der Waals surface area contributed by atoms with Crippen LogP contribution in [-0.2, 0) is 6.18 Å². The molecule has 0 aliphatic rings. The van der Waals surface area contributed by atoms with E-state index in [0.717, 1.165) is 24.4 Å². The van der Waals surface area contributed by atoms with Crippen molar-refractivity contribution < 1.29 is 22.0 Å². The van der Waals surface area contributed by atoms with Crippen LogP contribution in [0.2, 0.25) is 0 Å². The standard InChI is InChI=1S/C13H6F5N3/c14-11-7(5-19)1-3-9(12(11)15)21-8-2-4-10(20-6-8)13(16,17)18/h1-4,6,21H. The van der Waals surface area contributed by atoms with Crippen LogP contribution in [-0.4, -0.2) is 4.98 Å². The lowest BCUT2D eigenvalue weighted by atomic mass is 10.2. The van der Waals surface area contributed by atoms with E-state index in [4.69, 9.17) is 5.26 Å². The number of nitrogens with zero attached hydrogens (tertiary/aromatic N) is 2. The number of anilines is 2. The number of aromatic nitrogens is 1. The second kappa shape index (κ2) is 5.36. The lowest BCUT2D eigenvalue weighted by Gasteiger charge is -2.10. The number of rotatable bonds is 2. The fourth-order valence-electron chi connectivity index (χ4n) is 1.52. The van der Waals surface area contributed by atoms with Crippen molar-refractivity contribution >= 4 is 11.4 Å². The molecule has 8 heteroatoms. The van der Waals surface area contributed by atoms with Crippen LogP contribution in [0.1, 0.15) is 11.3 Å². The van der Waals surface area contributed by atoms with Gasteiger partial charge in [-0.2, -0.15) is 18.4 Å². The molecule has 2 rings (SSSR count). The van der Waals surface area contributed by atoms with Gasteiger partial charge in [-0.1, -0.05) is 0 Å². The fourth-order valence-corrected chi connectivity index (χ4v) is 1.52. The monoisotopic (exact) mass is 299 g/mol. The third-order valence-electron chi connectivity index (χ3n) is 2.54. The lowest BCUT2D eigenvalue weighted by Crippen LogP contribution is -2.07. The molecule has 108 valence electrons. The van der Waals surface area contributed by atoms with Crippen LogP contribution < -0.4 is 5.32 Å². The largest absolute Gasteiger partial charge is 0.433 e. The Labute approximate surface area is 115 Å². The van der Waals surface area contributed by atoms with Crippen molar-refractivity contribution in [2.75, 3.05) is 5.32 Å². The normalized spacial score (nSPS) is 11.0. The van der Waals surface area contributed by atoms with Crippen molar-refractivity contribution in [3.8, 4) is 6.07 Å². The van der Waals surface area contributed by atoms with Crippen LogP contribution in [0.3, 0.4) is 0 Å². The van der Waals surface area contributed by atoms with E-state index < -0.39 is 29.1 Å². The molecule has 1 aromatic heterocycles. The quantitative estimate of drug-likeness (QED) is 0.853. The van der Waals surface area contributed by atoms with E-state index in [1.165, 1.54) is 6.07 Å². The molecule has 0 fully saturated rings. The molecule has 1 N–H and O–H groups in total. The van der Waals surface area contributed by atoms with Gasteiger partial charge in [-0.25, -0.2) is 13.8 Å². The molecule has 0 atom stereocenters. The first-order chi connectivity index (χ1) is 9.82. The van der Waals surface area contributed by atoms with Gasteiger partial charge in [-0.05, 0) is 24.3 Å². The Kier molecular flexibility index (Phi) is 3.76. The fraction of sp³-hybridized carbons (Fsp3) is 0.0769. The van der Waals surface area contributed by atoms with Crippen molar-refractivity contribution in [2.24, 2.45) is 0 Å². The number of hydrogen-bond acceptors (Lipinski definition) is 3. The summed E-state index contributed by atoms with van der Waals surface area (Å²) in [6.45, 7) is 0. The Morgan fingerprint density at radius 2 is 1.76 bits per heavy atom. The van der Waals surface area contributed by atoms with Crippen LogP contribution in [0.25, 0.3) is 0 Å². The first-order valence-corrected chi connectivity index (χ1v) is 5.51. The van der Waals surface area contributed by atoms with Crippen molar-refractivity contribution in [1.82, 2.24) is 4.98 Å². The Morgan fingerprint density at radius 3 is 2.29 bits per heavy atom. The summed E-state index contributed by atoms with van der Waals surface area (Å²) in [5.74, 6) is -2.63. The summed E-state index contributed by atoms with van der Waals surface area (Å²) in [7, 11) is 0. The Balaban J connectivity index is 2.27. The van der Waals surface area contributed by atoms with Gasteiger partial charge in [0.2, 0.25) is 0 Å². The number of halogens is 5. The number of pyridine rings is 1. The number of nitriles is 1. The summed E-state index contributed by atoms with van der Waals surface area (Å²) in [6, 6.07) is 5.37. The van der Waals surface area contributed by atoms with Gasteiger partial charge in [0.1, 0.15) is 11.8 Å². The van der Waals surface area contributed by atoms with Gasteiger partial charge < -0.3 is 5.32 Å². The minimum absolute atomic E-state index is 0.0472. The highest BCUT2D eigenvalue weighted by Crippen LogP contribution is 2.29. The van der Waals surface area contributed by atoms with E-state index >= 15 is 0 Å². The summed E-state index contributed by atoms with van der Waals surface area (Å²) < 4.78 is 64.0. The van der Waals surface area contributed by atoms with Gasteiger partial charge in [-0.15, -0.1) is 0 Å². The minimum Gasteiger partial charge on any atom is -0.352 e. The van der Waals surface area contributed by atoms with Crippen LogP contribution in [0.5, 0.6) is 0 Å². The maximum Gasteiger partial charge on any atom is 0.433 e. The highest BCUT2D eigenvalue weighted by molar-refractivity contribution is 5.60. The highest BCUT2D eigenvalue weighted by Gasteiger charge is 2.32. The molecule has 0 aliphatic heterocycles. The van der Waals surface area contributed by atoms with E-state index in [-0.39, 0.29) is 11.4 Å². The third-order valence-corrected chi connectivity index (χ3v) is 2.54. The number of benzene rings is 1. The number of nitrogens with one attached hydrogen (secondary N) is 1. The molecule has 0 spiro atoms. The molecule has 0 aliphatic carbocycles. The van der Waals surface area contributed by atoms with Crippen molar-refractivity contribution in [1.29, 1.82) is 5.26 Å². The topological polar surface area (TPSA) is 48.7 Å². The van der Waals surface area contributed by atoms with Gasteiger partial charge in [-0.3, -0.25) is 0 Å². The lowest BCUT2D eigenvalue weighted by molar-refractivity contribution is -0.141. The molecular weight excluding hydrogens is 293 g/mol. The second-order valence-electron chi connectivity index (χ2n) is 3.96. The zero-order valence-corrected chi connectivity index (χ0v) is 10.2.